The molecule has 0 saturated heterocycles. The van der Waals surface area contributed by atoms with Crippen molar-refractivity contribution in [2.45, 2.75) is 79.1 Å². The second-order valence-corrected chi connectivity index (χ2v) is 10.7. The average Bonchev–Trinajstić information content (AvgIpc) is 2.52. The molecule has 2 amide bonds. The van der Waals surface area contributed by atoms with Gasteiger partial charge in [0.1, 0.15) is 12.1 Å². The third-order valence-electron chi connectivity index (χ3n) is 4.96. The standard InChI is InChI=1S/C21H40N3O5P/c1-12(2)14(11-13(3)19(27)28)23(9)18(26)15(20(4,5)6)22-17(25)16(24(10)30)21(7,8)29/h11-12,14-16,29H,30H2,1-10H3,(H,22,25)(H,27,28)/b13-11+/t14-,15-,16-/m1/s1. The second kappa shape index (κ2) is 10.7. The van der Waals surface area contributed by atoms with Gasteiger partial charge in [0.25, 0.3) is 0 Å². The van der Waals surface area contributed by atoms with E-state index in [4.69, 9.17) is 0 Å². The molecule has 0 saturated carbocycles. The van der Waals surface area contributed by atoms with Crippen LogP contribution in [0, 0.1) is 11.3 Å². The predicted molar refractivity (Wildman–Crippen MR) is 122 cm³/mol. The lowest BCUT2D eigenvalue weighted by Crippen LogP contribution is -2.61. The van der Waals surface area contributed by atoms with Crippen molar-refractivity contribution in [1.82, 2.24) is 14.9 Å². The molecular weight excluding hydrogens is 405 g/mol. The summed E-state index contributed by atoms with van der Waals surface area (Å²) in [6, 6.07) is -2.21. The quantitative estimate of drug-likeness (QED) is 0.369. The fourth-order valence-electron chi connectivity index (χ4n) is 3.30. The highest BCUT2D eigenvalue weighted by molar-refractivity contribution is 7.13. The maximum Gasteiger partial charge on any atom is 0.331 e. The molecule has 0 aromatic rings. The van der Waals surface area contributed by atoms with Crippen LogP contribution in [-0.2, 0) is 14.4 Å². The largest absolute Gasteiger partial charge is 0.478 e. The Balaban J connectivity index is 5.99. The molecule has 0 aromatic heterocycles. The number of carboxylic acid groups (broad SMARTS) is 1. The third-order valence-corrected chi connectivity index (χ3v) is 5.26. The van der Waals surface area contributed by atoms with Crippen molar-refractivity contribution in [3.05, 3.63) is 11.6 Å². The van der Waals surface area contributed by atoms with Crippen LogP contribution in [0.5, 0.6) is 0 Å². The van der Waals surface area contributed by atoms with E-state index in [-0.39, 0.29) is 17.4 Å². The van der Waals surface area contributed by atoms with E-state index in [2.05, 4.69) is 14.7 Å². The highest BCUT2D eigenvalue weighted by Crippen LogP contribution is 2.25. The first kappa shape index (κ1) is 28.5. The van der Waals surface area contributed by atoms with Crippen LogP contribution in [0.15, 0.2) is 11.6 Å². The fraction of sp³-hybridized carbons (Fsp3) is 0.762. The number of carboxylic acids is 1. The molecule has 1 unspecified atom stereocenters. The van der Waals surface area contributed by atoms with Crippen LogP contribution in [0.4, 0.5) is 0 Å². The van der Waals surface area contributed by atoms with Crippen LogP contribution in [0.1, 0.15) is 55.4 Å². The molecule has 0 radical (unpaired) electrons. The molecule has 0 rings (SSSR count). The van der Waals surface area contributed by atoms with Crippen molar-refractivity contribution in [2.75, 3.05) is 14.1 Å². The van der Waals surface area contributed by atoms with E-state index >= 15 is 0 Å². The van der Waals surface area contributed by atoms with Gasteiger partial charge in [-0.3, -0.25) is 14.3 Å². The van der Waals surface area contributed by atoms with E-state index < -0.39 is 41.0 Å². The molecule has 174 valence electrons. The molecule has 0 bridgehead atoms. The normalized spacial score (nSPS) is 16.3. The number of aliphatic hydroxyl groups is 1. The Hall–Kier alpha value is -1.50. The highest BCUT2D eigenvalue weighted by atomic mass is 31.0. The van der Waals surface area contributed by atoms with Gasteiger partial charge in [-0.1, -0.05) is 50.1 Å². The topological polar surface area (TPSA) is 110 Å². The van der Waals surface area contributed by atoms with Crippen molar-refractivity contribution in [2.24, 2.45) is 11.3 Å². The minimum Gasteiger partial charge on any atom is -0.478 e. The maximum absolute atomic E-state index is 13.4. The van der Waals surface area contributed by atoms with Gasteiger partial charge in [0.15, 0.2) is 0 Å². The van der Waals surface area contributed by atoms with Crippen molar-refractivity contribution < 1.29 is 24.6 Å². The summed E-state index contributed by atoms with van der Waals surface area (Å²) < 4.78 is 1.53. The Bertz CT molecular complexity index is 663. The van der Waals surface area contributed by atoms with Crippen LogP contribution in [0.2, 0.25) is 0 Å². The van der Waals surface area contributed by atoms with Crippen LogP contribution >= 0.6 is 9.39 Å². The summed E-state index contributed by atoms with van der Waals surface area (Å²) >= 11 is 0. The van der Waals surface area contributed by atoms with Crippen LogP contribution in [0.25, 0.3) is 0 Å². The minimum absolute atomic E-state index is 0.0353. The summed E-state index contributed by atoms with van der Waals surface area (Å²) in [7, 11) is 5.63. The molecule has 3 N–H and O–H groups in total. The first-order valence-corrected chi connectivity index (χ1v) is 10.5. The number of likely N-dealkylation sites (N-methyl/N-ethyl adjacent to an activating group) is 2. The van der Waals surface area contributed by atoms with Gasteiger partial charge in [0, 0.05) is 12.6 Å². The van der Waals surface area contributed by atoms with Crippen molar-refractivity contribution in [3.63, 3.8) is 0 Å². The third kappa shape index (κ3) is 7.97. The summed E-state index contributed by atoms with van der Waals surface area (Å²) in [6.07, 6.45) is 1.56. The summed E-state index contributed by atoms with van der Waals surface area (Å²) in [6.45, 7) is 13.9. The fourth-order valence-corrected chi connectivity index (χ4v) is 3.80. The number of carbonyl (C=O) groups is 3. The van der Waals surface area contributed by atoms with Crippen LogP contribution < -0.4 is 5.32 Å². The first-order chi connectivity index (χ1) is 13.3. The number of hydrogen-bond donors (Lipinski definition) is 3. The molecule has 4 atom stereocenters. The maximum atomic E-state index is 13.4. The van der Waals surface area contributed by atoms with Crippen LogP contribution in [0.3, 0.4) is 0 Å². The van der Waals surface area contributed by atoms with E-state index in [0.717, 1.165) is 0 Å². The molecule has 0 fully saturated rings. The number of nitrogens with zero attached hydrogens (tertiary/aromatic N) is 2. The monoisotopic (exact) mass is 445 g/mol. The van der Waals surface area contributed by atoms with E-state index in [1.807, 2.05) is 34.6 Å². The Morgan fingerprint density at radius 3 is 1.83 bits per heavy atom. The number of hydrogen-bond acceptors (Lipinski definition) is 5. The molecule has 30 heavy (non-hydrogen) atoms. The number of rotatable bonds is 9. The number of nitrogens with one attached hydrogen (secondary N) is 1. The van der Waals surface area contributed by atoms with Crippen molar-refractivity contribution in [3.8, 4) is 0 Å². The Labute approximate surface area is 183 Å². The Kier molecular flexibility index (Phi) is 10.2. The zero-order valence-corrected chi connectivity index (χ0v) is 21.1. The number of aliphatic carboxylic acids is 1. The smallest absolute Gasteiger partial charge is 0.331 e. The Morgan fingerprint density at radius 2 is 1.53 bits per heavy atom. The molecule has 0 aliphatic carbocycles. The molecule has 0 aliphatic rings. The van der Waals surface area contributed by atoms with Gasteiger partial charge in [-0.25, -0.2) is 4.79 Å². The molecule has 0 aromatic carbocycles. The highest BCUT2D eigenvalue weighted by Gasteiger charge is 2.41. The molecule has 0 spiro atoms. The lowest BCUT2D eigenvalue weighted by Gasteiger charge is -2.39. The lowest BCUT2D eigenvalue weighted by atomic mass is 9.84. The van der Waals surface area contributed by atoms with Gasteiger partial charge < -0.3 is 20.4 Å². The Morgan fingerprint density at radius 1 is 1.07 bits per heavy atom. The second-order valence-electron chi connectivity index (χ2n) is 9.87. The molecule has 9 heteroatoms. The zero-order chi connectivity index (χ0) is 24.2. The molecule has 0 heterocycles. The lowest BCUT2D eigenvalue weighted by molar-refractivity contribution is -0.143. The summed E-state index contributed by atoms with van der Waals surface area (Å²) in [5, 5.41) is 22.5. The van der Waals surface area contributed by atoms with Crippen molar-refractivity contribution in [1.29, 1.82) is 0 Å². The van der Waals surface area contributed by atoms with Crippen molar-refractivity contribution >= 4 is 27.2 Å². The van der Waals surface area contributed by atoms with E-state index in [1.165, 1.54) is 30.3 Å². The van der Waals surface area contributed by atoms with Gasteiger partial charge in [-0.05, 0) is 39.2 Å². The summed E-state index contributed by atoms with van der Waals surface area (Å²) in [5.74, 6) is -1.88. The number of amides is 2. The van der Waals surface area contributed by atoms with E-state index in [1.54, 1.807) is 20.2 Å². The van der Waals surface area contributed by atoms with Gasteiger partial charge in [-0.15, -0.1) is 0 Å². The zero-order valence-electron chi connectivity index (χ0n) is 20.0. The average molecular weight is 446 g/mol. The summed E-state index contributed by atoms with van der Waals surface area (Å²) in [4.78, 5) is 39.2. The predicted octanol–water partition coefficient (Wildman–Crippen LogP) is 1.89. The molecule has 8 nitrogen and oxygen atoms in total. The van der Waals surface area contributed by atoms with Gasteiger partial charge >= 0.3 is 5.97 Å². The van der Waals surface area contributed by atoms with Gasteiger partial charge in [0.2, 0.25) is 11.8 Å². The van der Waals surface area contributed by atoms with Gasteiger partial charge in [0.05, 0.1) is 11.6 Å². The minimum atomic E-state index is -1.33. The summed E-state index contributed by atoms with van der Waals surface area (Å²) in [5.41, 5.74) is -1.80. The van der Waals surface area contributed by atoms with Gasteiger partial charge in [-0.2, -0.15) is 0 Å². The number of carbonyl (C=O) groups excluding carboxylic acids is 2. The van der Waals surface area contributed by atoms with Crippen LogP contribution in [-0.4, -0.2) is 75.4 Å². The molecular formula is C21H40N3O5P. The first-order valence-electron chi connectivity index (χ1n) is 10.0. The van der Waals surface area contributed by atoms with E-state index in [9.17, 15) is 24.6 Å². The SMILES string of the molecule is C/C(=C\[C@H](C(C)C)N(C)C(=O)[C@@H](NC(=O)[C@@H](N(C)P)C(C)(C)O)C(C)(C)C)C(=O)O. The van der Waals surface area contributed by atoms with E-state index in [0.29, 0.717) is 0 Å². The molecule has 0 aliphatic heterocycles.